The molecule has 0 amide bonds. The Kier molecular flexibility index (Phi) is 4.60. The topological polar surface area (TPSA) is 74.1 Å². The number of tetrazole rings is 1. The second-order valence-corrected chi connectivity index (χ2v) is 5.22. The highest BCUT2D eigenvalue weighted by molar-refractivity contribution is 5.46. The van der Waals surface area contributed by atoms with Crippen molar-refractivity contribution in [2.75, 3.05) is 19.5 Å². The minimum Gasteiger partial charge on any atom is -0.497 e. The van der Waals surface area contributed by atoms with Crippen molar-refractivity contribution in [3.8, 4) is 17.2 Å². The molecule has 1 N–H and O–H groups in total. The number of rotatable bonds is 6. The molecule has 7 heteroatoms. The summed E-state index contributed by atoms with van der Waals surface area (Å²) in [6.07, 6.45) is 0. The van der Waals surface area contributed by atoms with Crippen LogP contribution >= 0.6 is 0 Å². The Labute approximate surface area is 140 Å². The lowest BCUT2D eigenvalue weighted by molar-refractivity contribution is 0.397. The Balaban J connectivity index is 1.89. The molecule has 3 aromatic rings. The van der Waals surface area contributed by atoms with Gasteiger partial charge in [0, 0.05) is 5.56 Å². The molecular formula is C17H19N5O2. The Morgan fingerprint density at radius 1 is 1.04 bits per heavy atom. The maximum Gasteiger partial charge on any atom is 0.248 e. The third-order valence-electron chi connectivity index (χ3n) is 3.72. The lowest BCUT2D eigenvalue weighted by atomic mass is 10.1. The zero-order chi connectivity index (χ0) is 16.9. The van der Waals surface area contributed by atoms with E-state index in [0.717, 1.165) is 22.7 Å². The number of para-hydroxylation sites is 1. The maximum atomic E-state index is 5.45. The average Bonchev–Trinajstić information content (AvgIpc) is 3.09. The predicted molar refractivity (Wildman–Crippen MR) is 90.7 cm³/mol. The van der Waals surface area contributed by atoms with Crippen LogP contribution in [0.3, 0.4) is 0 Å². The second-order valence-electron chi connectivity index (χ2n) is 5.22. The lowest BCUT2D eigenvalue weighted by Gasteiger charge is -2.18. The van der Waals surface area contributed by atoms with Gasteiger partial charge in [-0.15, -0.1) is 0 Å². The molecule has 24 heavy (non-hydrogen) atoms. The Morgan fingerprint density at radius 3 is 2.54 bits per heavy atom. The molecule has 0 fully saturated rings. The first kappa shape index (κ1) is 15.8. The molecule has 0 bridgehead atoms. The monoisotopic (exact) mass is 325 g/mol. The summed E-state index contributed by atoms with van der Waals surface area (Å²) in [4.78, 5) is 0. The number of ether oxygens (including phenoxy) is 2. The molecule has 3 rings (SSSR count). The number of methoxy groups -OCH3 is 2. The normalized spacial score (nSPS) is 11.8. The van der Waals surface area contributed by atoms with Gasteiger partial charge in [-0.3, -0.25) is 0 Å². The summed E-state index contributed by atoms with van der Waals surface area (Å²) in [5.41, 5.74) is 1.84. The number of hydrogen-bond acceptors (Lipinski definition) is 6. The summed E-state index contributed by atoms with van der Waals surface area (Å²) in [6.45, 7) is 2.02. The molecule has 1 aromatic heterocycles. The summed E-state index contributed by atoms with van der Waals surface area (Å²) in [5.74, 6) is 2.09. The van der Waals surface area contributed by atoms with Crippen LogP contribution in [-0.2, 0) is 0 Å². The molecule has 124 valence electrons. The molecule has 0 saturated heterocycles. The lowest BCUT2D eigenvalue weighted by Crippen LogP contribution is -2.13. The molecule has 1 heterocycles. The van der Waals surface area contributed by atoms with Crippen LogP contribution in [0.1, 0.15) is 18.5 Å². The minimum atomic E-state index is -0.0801. The largest absolute Gasteiger partial charge is 0.497 e. The highest BCUT2D eigenvalue weighted by Gasteiger charge is 2.16. The quantitative estimate of drug-likeness (QED) is 0.751. The van der Waals surface area contributed by atoms with Gasteiger partial charge in [-0.25, -0.2) is 0 Å². The molecule has 0 spiro atoms. The standard InChI is InChI=1S/C17H19N5O2/c1-12(15-11-14(23-2)9-10-16(15)24-3)18-17-19-20-21-22(17)13-7-5-4-6-8-13/h4-12H,1-3H3,(H,18,19,21)/t12-/m1/s1. The summed E-state index contributed by atoms with van der Waals surface area (Å²) >= 11 is 0. The van der Waals surface area contributed by atoms with Crippen molar-refractivity contribution in [1.82, 2.24) is 20.2 Å². The van der Waals surface area contributed by atoms with Crippen LogP contribution in [-0.4, -0.2) is 34.4 Å². The van der Waals surface area contributed by atoms with Gasteiger partial charge in [0.25, 0.3) is 0 Å². The Morgan fingerprint density at radius 2 is 1.83 bits per heavy atom. The zero-order valence-corrected chi connectivity index (χ0v) is 13.8. The van der Waals surface area contributed by atoms with E-state index in [2.05, 4.69) is 20.8 Å². The van der Waals surface area contributed by atoms with Crippen LogP contribution < -0.4 is 14.8 Å². The van der Waals surface area contributed by atoms with Crippen molar-refractivity contribution in [3.63, 3.8) is 0 Å². The van der Waals surface area contributed by atoms with Gasteiger partial charge in [-0.1, -0.05) is 23.3 Å². The summed E-state index contributed by atoms with van der Waals surface area (Å²) < 4.78 is 12.4. The van der Waals surface area contributed by atoms with Crippen molar-refractivity contribution in [2.24, 2.45) is 0 Å². The van der Waals surface area contributed by atoms with Crippen molar-refractivity contribution >= 4 is 5.95 Å². The second kappa shape index (κ2) is 6.99. The number of nitrogens with zero attached hydrogens (tertiary/aromatic N) is 4. The minimum absolute atomic E-state index is 0.0801. The molecule has 2 aromatic carbocycles. The van der Waals surface area contributed by atoms with E-state index in [9.17, 15) is 0 Å². The molecule has 0 saturated carbocycles. The number of aromatic nitrogens is 4. The fourth-order valence-electron chi connectivity index (χ4n) is 2.47. The Bertz CT molecular complexity index is 804. The van der Waals surface area contributed by atoms with Gasteiger partial charge in [0.15, 0.2) is 0 Å². The van der Waals surface area contributed by atoms with Gasteiger partial charge >= 0.3 is 0 Å². The number of anilines is 1. The highest BCUT2D eigenvalue weighted by atomic mass is 16.5. The molecule has 0 aliphatic rings. The zero-order valence-electron chi connectivity index (χ0n) is 13.8. The van der Waals surface area contributed by atoms with Gasteiger partial charge < -0.3 is 14.8 Å². The molecule has 0 radical (unpaired) electrons. The molecular weight excluding hydrogens is 306 g/mol. The van der Waals surface area contributed by atoms with Gasteiger partial charge in [-0.2, -0.15) is 4.68 Å². The SMILES string of the molecule is COc1ccc(OC)c([C@@H](C)Nc2nnnn2-c2ccccc2)c1. The average molecular weight is 325 g/mol. The summed E-state index contributed by atoms with van der Waals surface area (Å²) in [5, 5.41) is 15.2. The van der Waals surface area contributed by atoms with Gasteiger partial charge in [0.1, 0.15) is 11.5 Å². The maximum absolute atomic E-state index is 5.45. The van der Waals surface area contributed by atoms with E-state index in [1.54, 1.807) is 18.9 Å². The van der Waals surface area contributed by atoms with Gasteiger partial charge in [0.05, 0.1) is 25.9 Å². The highest BCUT2D eigenvalue weighted by Crippen LogP contribution is 2.31. The molecule has 0 aliphatic heterocycles. The van der Waals surface area contributed by atoms with Crippen LogP contribution in [0.5, 0.6) is 11.5 Å². The summed E-state index contributed by atoms with van der Waals surface area (Å²) in [7, 11) is 3.28. The van der Waals surface area contributed by atoms with E-state index in [0.29, 0.717) is 5.95 Å². The fourth-order valence-corrected chi connectivity index (χ4v) is 2.47. The fraction of sp³-hybridized carbons (Fsp3) is 0.235. The smallest absolute Gasteiger partial charge is 0.248 e. The van der Waals surface area contributed by atoms with Crippen molar-refractivity contribution in [1.29, 1.82) is 0 Å². The Hall–Kier alpha value is -3.09. The number of benzene rings is 2. The molecule has 1 atom stereocenters. The first-order valence-corrected chi connectivity index (χ1v) is 7.55. The van der Waals surface area contributed by atoms with Gasteiger partial charge in [-0.05, 0) is 47.7 Å². The van der Waals surface area contributed by atoms with Gasteiger partial charge in [0.2, 0.25) is 5.95 Å². The van der Waals surface area contributed by atoms with Crippen molar-refractivity contribution in [2.45, 2.75) is 13.0 Å². The molecule has 7 nitrogen and oxygen atoms in total. The third kappa shape index (κ3) is 3.15. The van der Waals surface area contributed by atoms with Crippen molar-refractivity contribution < 1.29 is 9.47 Å². The van der Waals surface area contributed by atoms with E-state index >= 15 is 0 Å². The van der Waals surface area contributed by atoms with E-state index in [4.69, 9.17) is 9.47 Å². The van der Waals surface area contributed by atoms with Crippen LogP contribution in [0, 0.1) is 0 Å². The first-order chi connectivity index (χ1) is 11.7. The summed E-state index contributed by atoms with van der Waals surface area (Å²) in [6, 6.07) is 15.3. The van der Waals surface area contributed by atoms with Crippen LogP contribution in [0.25, 0.3) is 5.69 Å². The van der Waals surface area contributed by atoms with Crippen LogP contribution in [0.15, 0.2) is 48.5 Å². The van der Waals surface area contributed by atoms with E-state index in [1.165, 1.54) is 0 Å². The number of nitrogens with one attached hydrogen (secondary N) is 1. The van der Waals surface area contributed by atoms with Crippen LogP contribution in [0.2, 0.25) is 0 Å². The molecule has 0 aliphatic carbocycles. The van der Waals surface area contributed by atoms with E-state index in [1.807, 2.05) is 55.5 Å². The van der Waals surface area contributed by atoms with Crippen molar-refractivity contribution in [3.05, 3.63) is 54.1 Å². The van der Waals surface area contributed by atoms with Crippen LogP contribution in [0.4, 0.5) is 5.95 Å². The molecule has 0 unspecified atom stereocenters. The van der Waals surface area contributed by atoms with E-state index in [-0.39, 0.29) is 6.04 Å². The van der Waals surface area contributed by atoms with E-state index < -0.39 is 0 Å². The third-order valence-corrected chi connectivity index (χ3v) is 3.72. The number of hydrogen-bond donors (Lipinski definition) is 1. The predicted octanol–water partition coefficient (Wildman–Crippen LogP) is 2.85. The first-order valence-electron chi connectivity index (χ1n) is 7.55.